The highest BCUT2D eigenvalue weighted by atomic mass is 16.3. The Morgan fingerprint density at radius 1 is 1.42 bits per heavy atom. The van der Waals surface area contributed by atoms with Gasteiger partial charge in [0.1, 0.15) is 11.6 Å². The fourth-order valence-corrected chi connectivity index (χ4v) is 2.64. The van der Waals surface area contributed by atoms with Gasteiger partial charge in [-0.1, -0.05) is 33.1 Å². The predicted molar refractivity (Wildman–Crippen MR) is 75.5 cm³/mol. The quantitative estimate of drug-likeness (QED) is 0.778. The number of hydrogen-bond acceptors (Lipinski definition) is 4. The highest BCUT2D eigenvalue weighted by Crippen LogP contribution is 2.30. The molecule has 1 aliphatic rings. The topological polar surface area (TPSA) is 78.0 Å². The molecule has 106 valence electrons. The second kappa shape index (κ2) is 5.74. The third-order valence-corrected chi connectivity index (χ3v) is 3.81. The van der Waals surface area contributed by atoms with E-state index >= 15 is 0 Å². The lowest BCUT2D eigenvalue weighted by Crippen LogP contribution is -2.44. The molecule has 0 saturated heterocycles. The van der Waals surface area contributed by atoms with Gasteiger partial charge < -0.3 is 15.4 Å². The van der Waals surface area contributed by atoms with E-state index in [0.29, 0.717) is 11.6 Å². The molecular formula is C14H23N3O2. The lowest BCUT2D eigenvalue weighted by atomic mass is 9.82. The largest absolute Gasteiger partial charge is 0.394 e. The molecule has 0 aliphatic heterocycles. The van der Waals surface area contributed by atoms with Crippen molar-refractivity contribution in [3.05, 3.63) is 22.2 Å². The normalized spacial score (nSPS) is 18.5. The second-order valence-corrected chi connectivity index (χ2v) is 5.79. The van der Waals surface area contributed by atoms with Crippen molar-refractivity contribution in [2.75, 3.05) is 11.9 Å². The Morgan fingerprint density at radius 3 is 2.68 bits per heavy atom. The van der Waals surface area contributed by atoms with E-state index in [1.165, 1.54) is 12.5 Å². The fraction of sp³-hybridized carbons (Fsp3) is 0.714. The standard InChI is InChI=1S/C14H23N3O2/c1-10(2)13-15-11(8-12(19)16-13)17-14(9-18)6-4-3-5-7-14/h8,10,18H,3-7,9H2,1-2H3,(H2,15,16,17,19). The number of H-pyrrole nitrogens is 1. The molecule has 0 spiro atoms. The summed E-state index contributed by atoms with van der Waals surface area (Å²) in [4.78, 5) is 18.8. The highest BCUT2D eigenvalue weighted by Gasteiger charge is 2.31. The molecule has 19 heavy (non-hydrogen) atoms. The van der Waals surface area contributed by atoms with Gasteiger partial charge in [0.15, 0.2) is 0 Å². The summed E-state index contributed by atoms with van der Waals surface area (Å²) >= 11 is 0. The van der Waals surface area contributed by atoms with Crippen molar-refractivity contribution in [2.24, 2.45) is 0 Å². The molecule has 1 heterocycles. The number of nitrogens with one attached hydrogen (secondary N) is 2. The number of nitrogens with zero attached hydrogens (tertiary/aromatic N) is 1. The molecule has 0 atom stereocenters. The Hall–Kier alpha value is -1.36. The maximum Gasteiger partial charge on any atom is 0.252 e. The highest BCUT2D eigenvalue weighted by molar-refractivity contribution is 5.37. The molecule has 3 N–H and O–H groups in total. The van der Waals surface area contributed by atoms with Crippen LogP contribution >= 0.6 is 0 Å². The number of aromatic nitrogens is 2. The van der Waals surface area contributed by atoms with Crippen molar-refractivity contribution in [1.29, 1.82) is 0 Å². The molecule has 0 bridgehead atoms. The second-order valence-electron chi connectivity index (χ2n) is 5.79. The number of hydrogen-bond donors (Lipinski definition) is 3. The summed E-state index contributed by atoms with van der Waals surface area (Å²) in [5.74, 6) is 1.42. The van der Waals surface area contributed by atoms with Crippen molar-refractivity contribution >= 4 is 5.82 Å². The van der Waals surface area contributed by atoms with Crippen LogP contribution in [0.25, 0.3) is 0 Å². The van der Waals surface area contributed by atoms with Crippen LogP contribution in [0.4, 0.5) is 5.82 Å². The van der Waals surface area contributed by atoms with E-state index in [-0.39, 0.29) is 23.6 Å². The number of anilines is 1. The zero-order chi connectivity index (χ0) is 13.9. The summed E-state index contributed by atoms with van der Waals surface area (Å²) in [7, 11) is 0. The minimum absolute atomic E-state index is 0.0818. The van der Waals surface area contributed by atoms with E-state index in [4.69, 9.17) is 0 Å². The lowest BCUT2D eigenvalue weighted by molar-refractivity contribution is 0.172. The van der Waals surface area contributed by atoms with Gasteiger partial charge in [0, 0.05) is 12.0 Å². The molecule has 1 aromatic heterocycles. The lowest BCUT2D eigenvalue weighted by Gasteiger charge is -2.37. The van der Waals surface area contributed by atoms with Crippen LogP contribution in [0.15, 0.2) is 10.9 Å². The molecule has 0 radical (unpaired) electrons. The van der Waals surface area contributed by atoms with E-state index in [9.17, 15) is 9.90 Å². The number of aromatic amines is 1. The fourth-order valence-electron chi connectivity index (χ4n) is 2.64. The smallest absolute Gasteiger partial charge is 0.252 e. The van der Waals surface area contributed by atoms with Crippen LogP contribution in [0.2, 0.25) is 0 Å². The van der Waals surface area contributed by atoms with Crippen LogP contribution in [0.5, 0.6) is 0 Å². The molecule has 0 amide bonds. The van der Waals surface area contributed by atoms with Gasteiger partial charge in [-0.3, -0.25) is 4.79 Å². The van der Waals surface area contributed by atoms with E-state index in [2.05, 4.69) is 15.3 Å². The molecule has 5 heteroatoms. The zero-order valence-electron chi connectivity index (χ0n) is 11.7. The van der Waals surface area contributed by atoms with Crippen molar-refractivity contribution in [3.8, 4) is 0 Å². The molecule has 2 rings (SSSR count). The average molecular weight is 265 g/mol. The van der Waals surface area contributed by atoms with Gasteiger partial charge in [-0.15, -0.1) is 0 Å². The van der Waals surface area contributed by atoms with Crippen LogP contribution in [0.1, 0.15) is 57.7 Å². The number of aliphatic hydroxyl groups is 1. The Balaban J connectivity index is 2.24. The minimum Gasteiger partial charge on any atom is -0.394 e. The summed E-state index contributed by atoms with van der Waals surface area (Å²) in [5.41, 5.74) is -0.460. The van der Waals surface area contributed by atoms with Gasteiger partial charge in [0.2, 0.25) is 0 Å². The Bertz CT molecular complexity index is 476. The third-order valence-electron chi connectivity index (χ3n) is 3.81. The Morgan fingerprint density at radius 2 is 2.11 bits per heavy atom. The van der Waals surface area contributed by atoms with Gasteiger partial charge in [-0.25, -0.2) is 4.98 Å². The van der Waals surface area contributed by atoms with Crippen LogP contribution in [0, 0.1) is 0 Å². The third kappa shape index (κ3) is 3.35. The summed E-state index contributed by atoms with van der Waals surface area (Å²) < 4.78 is 0. The molecule has 1 aliphatic carbocycles. The molecule has 0 unspecified atom stereocenters. The van der Waals surface area contributed by atoms with E-state index < -0.39 is 0 Å². The van der Waals surface area contributed by atoms with Crippen molar-refractivity contribution in [3.63, 3.8) is 0 Å². The zero-order valence-corrected chi connectivity index (χ0v) is 11.7. The maximum absolute atomic E-state index is 11.7. The Labute approximate surface area is 113 Å². The van der Waals surface area contributed by atoms with Crippen molar-refractivity contribution < 1.29 is 5.11 Å². The van der Waals surface area contributed by atoms with Crippen LogP contribution in [0.3, 0.4) is 0 Å². The predicted octanol–water partition coefficient (Wildman–Crippen LogP) is 2.00. The van der Waals surface area contributed by atoms with Crippen LogP contribution in [-0.4, -0.2) is 27.2 Å². The summed E-state index contributed by atoms with van der Waals surface area (Å²) in [6.07, 6.45) is 5.27. The summed E-state index contributed by atoms with van der Waals surface area (Å²) in [6, 6.07) is 1.47. The number of aliphatic hydroxyl groups excluding tert-OH is 1. The molecule has 1 aromatic rings. The SMILES string of the molecule is CC(C)c1nc(NC2(CO)CCCCC2)cc(=O)[nH]1. The number of rotatable bonds is 4. The van der Waals surface area contributed by atoms with Gasteiger partial charge in [-0.05, 0) is 12.8 Å². The Kier molecular flexibility index (Phi) is 4.24. The van der Waals surface area contributed by atoms with Crippen molar-refractivity contribution in [2.45, 2.75) is 57.4 Å². The first kappa shape index (κ1) is 14.1. The van der Waals surface area contributed by atoms with Crippen molar-refractivity contribution in [1.82, 2.24) is 9.97 Å². The van der Waals surface area contributed by atoms with Gasteiger partial charge in [-0.2, -0.15) is 0 Å². The van der Waals surface area contributed by atoms with E-state index in [0.717, 1.165) is 25.7 Å². The molecule has 1 fully saturated rings. The van der Waals surface area contributed by atoms with Crippen LogP contribution in [-0.2, 0) is 0 Å². The van der Waals surface area contributed by atoms with Gasteiger partial charge >= 0.3 is 0 Å². The molecule has 0 aromatic carbocycles. The summed E-state index contributed by atoms with van der Waals surface area (Å²) in [5, 5.41) is 13.0. The monoisotopic (exact) mass is 265 g/mol. The summed E-state index contributed by atoms with van der Waals surface area (Å²) in [6.45, 7) is 4.06. The van der Waals surface area contributed by atoms with Crippen LogP contribution < -0.4 is 10.9 Å². The first-order chi connectivity index (χ1) is 9.04. The first-order valence-electron chi connectivity index (χ1n) is 7.05. The van der Waals surface area contributed by atoms with Gasteiger partial charge in [0.05, 0.1) is 12.1 Å². The molecular weight excluding hydrogens is 242 g/mol. The molecule has 1 saturated carbocycles. The molecule has 5 nitrogen and oxygen atoms in total. The average Bonchev–Trinajstić information content (AvgIpc) is 2.39. The van der Waals surface area contributed by atoms with Gasteiger partial charge in [0.25, 0.3) is 5.56 Å². The minimum atomic E-state index is -0.312. The van der Waals surface area contributed by atoms with E-state index in [1.807, 2.05) is 13.8 Å². The maximum atomic E-state index is 11.7. The first-order valence-corrected chi connectivity index (χ1v) is 7.05. The van der Waals surface area contributed by atoms with E-state index in [1.54, 1.807) is 0 Å².